The standard InChI is InChI=1S/C8H15N3O2/c1-9-10-6-11-4-2-7(3-5-11)8(12)13/h6-7,9H,2-5H2,1H3,(H,12,13). The van der Waals surface area contributed by atoms with Crippen LogP contribution in [0.25, 0.3) is 0 Å². The first-order valence-corrected chi connectivity index (χ1v) is 4.41. The van der Waals surface area contributed by atoms with Crippen LogP contribution >= 0.6 is 0 Å². The highest BCUT2D eigenvalue weighted by atomic mass is 16.4. The molecule has 0 aromatic heterocycles. The Morgan fingerprint density at radius 3 is 2.69 bits per heavy atom. The van der Waals surface area contributed by atoms with E-state index in [1.54, 1.807) is 13.4 Å². The lowest BCUT2D eigenvalue weighted by atomic mass is 9.98. The number of hydrogen-bond donors (Lipinski definition) is 2. The molecule has 0 spiro atoms. The van der Waals surface area contributed by atoms with Crippen LogP contribution in [0.3, 0.4) is 0 Å². The molecule has 1 fully saturated rings. The molecule has 0 atom stereocenters. The lowest BCUT2D eigenvalue weighted by molar-refractivity contribution is -0.142. The Balaban J connectivity index is 2.30. The number of hydrazone groups is 1. The van der Waals surface area contributed by atoms with Crippen molar-refractivity contribution < 1.29 is 9.90 Å². The van der Waals surface area contributed by atoms with Crippen LogP contribution in [-0.2, 0) is 4.79 Å². The van der Waals surface area contributed by atoms with Crippen molar-refractivity contribution in [1.29, 1.82) is 0 Å². The number of piperidine rings is 1. The van der Waals surface area contributed by atoms with Crippen molar-refractivity contribution in [3.8, 4) is 0 Å². The van der Waals surface area contributed by atoms with Crippen LogP contribution in [0.4, 0.5) is 0 Å². The molecule has 74 valence electrons. The highest BCUT2D eigenvalue weighted by Crippen LogP contribution is 2.15. The molecule has 0 unspecified atom stereocenters. The van der Waals surface area contributed by atoms with Gasteiger partial charge in [0.15, 0.2) is 0 Å². The number of carboxylic acid groups (broad SMARTS) is 1. The predicted molar refractivity (Wildman–Crippen MR) is 49.5 cm³/mol. The first-order chi connectivity index (χ1) is 6.24. The van der Waals surface area contributed by atoms with E-state index < -0.39 is 5.97 Å². The van der Waals surface area contributed by atoms with Crippen LogP contribution in [0.1, 0.15) is 12.8 Å². The van der Waals surface area contributed by atoms with Crippen molar-refractivity contribution in [2.24, 2.45) is 11.0 Å². The first-order valence-electron chi connectivity index (χ1n) is 4.41. The summed E-state index contributed by atoms with van der Waals surface area (Å²) < 4.78 is 0. The third kappa shape index (κ3) is 2.93. The third-order valence-corrected chi connectivity index (χ3v) is 2.23. The topological polar surface area (TPSA) is 64.9 Å². The van der Waals surface area contributed by atoms with Gasteiger partial charge >= 0.3 is 5.97 Å². The molecule has 5 heteroatoms. The third-order valence-electron chi connectivity index (χ3n) is 2.23. The lowest BCUT2D eigenvalue weighted by Gasteiger charge is -2.27. The van der Waals surface area contributed by atoms with E-state index in [-0.39, 0.29) is 5.92 Å². The molecule has 1 aliphatic rings. The second kappa shape index (κ2) is 4.69. The summed E-state index contributed by atoms with van der Waals surface area (Å²) in [6.45, 7) is 1.56. The maximum Gasteiger partial charge on any atom is 0.306 e. The van der Waals surface area contributed by atoms with Gasteiger partial charge in [0.05, 0.1) is 5.92 Å². The van der Waals surface area contributed by atoms with Crippen LogP contribution in [0.2, 0.25) is 0 Å². The van der Waals surface area contributed by atoms with Gasteiger partial charge in [0, 0.05) is 20.1 Å². The van der Waals surface area contributed by atoms with Crippen LogP contribution in [0.15, 0.2) is 5.10 Å². The Morgan fingerprint density at radius 1 is 1.62 bits per heavy atom. The van der Waals surface area contributed by atoms with E-state index in [0.717, 1.165) is 13.1 Å². The van der Waals surface area contributed by atoms with Gasteiger partial charge in [-0.1, -0.05) is 0 Å². The van der Waals surface area contributed by atoms with Gasteiger partial charge in [-0.25, -0.2) is 0 Å². The number of likely N-dealkylation sites (tertiary alicyclic amines) is 1. The van der Waals surface area contributed by atoms with Crippen molar-refractivity contribution in [1.82, 2.24) is 10.3 Å². The molecule has 13 heavy (non-hydrogen) atoms. The summed E-state index contributed by atoms with van der Waals surface area (Å²) in [5.41, 5.74) is 2.66. The van der Waals surface area contributed by atoms with Gasteiger partial charge in [-0.2, -0.15) is 5.10 Å². The second-order valence-corrected chi connectivity index (χ2v) is 3.12. The predicted octanol–water partition coefficient (Wildman–Crippen LogP) is -0.0543. The largest absolute Gasteiger partial charge is 0.481 e. The van der Waals surface area contributed by atoms with Gasteiger partial charge in [0.2, 0.25) is 0 Å². The van der Waals surface area contributed by atoms with Crippen molar-refractivity contribution in [2.75, 3.05) is 20.1 Å². The molecular formula is C8H15N3O2. The minimum Gasteiger partial charge on any atom is -0.481 e. The van der Waals surface area contributed by atoms with Crippen molar-refractivity contribution in [3.63, 3.8) is 0 Å². The van der Waals surface area contributed by atoms with Crippen LogP contribution < -0.4 is 5.43 Å². The van der Waals surface area contributed by atoms with Gasteiger partial charge in [0.25, 0.3) is 0 Å². The maximum absolute atomic E-state index is 10.6. The summed E-state index contributed by atoms with van der Waals surface area (Å²) in [4.78, 5) is 12.6. The number of carboxylic acids is 1. The summed E-state index contributed by atoms with van der Waals surface area (Å²) in [6.07, 6.45) is 3.15. The van der Waals surface area contributed by atoms with Gasteiger partial charge in [-0.3, -0.25) is 4.79 Å². The van der Waals surface area contributed by atoms with E-state index in [2.05, 4.69) is 10.5 Å². The van der Waals surface area contributed by atoms with E-state index in [9.17, 15) is 4.79 Å². The number of hydrogen-bond acceptors (Lipinski definition) is 3. The highest BCUT2D eigenvalue weighted by molar-refractivity contribution is 5.70. The lowest BCUT2D eigenvalue weighted by Crippen LogP contribution is -2.35. The minimum atomic E-state index is -0.676. The highest BCUT2D eigenvalue weighted by Gasteiger charge is 2.22. The molecule has 0 aromatic rings. The fourth-order valence-electron chi connectivity index (χ4n) is 1.40. The quantitative estimate of drug-likeness (QED) is 0.367. The van der Waals surface area contributed by atoms with E-state index in [4.69, 9.17) is 5.11 Å². The van der Waals surface area contributed by atoms with Crippen molar-refractivity contribution in [3.05, 3.63) is 0 Å². The normalized spacial score (nSPS) is 19.3. The Hall–Kier alpha value is -1.26. The number of carbonyl (C=O) groups is 1. The van der Waals surface area contributed by atoms with Crippen LogP contribution in [-0.4, -0.2) is 42.5 Å². The molecule has 2 N–H and O–H groups in total. The first kappa shape index (κ1) is 9.83. The fourth-order valence-corrected chi connectivity index (χ4v) is 1.40. The molecule has 0 aliphatic carbocycles. The SMILES string of the molecule is CNN=CN1CCC(C(=O)O)CC1. The van der Waals surface area contributed by atoms with E-state index in [1.165, 1.54) is 0 Å². The van der Waals surface area contributed by atoms with Crippen LogP contribution in [0, 0.1) is 5.92 Å². The molecule has 1 heterocycles. The average Bonchev–Trinajstić information content (AvgIpc) is 2.15. The molecule has 0 saturated carbocycles. The second-order valence-electron chi connectivity index (χ2n) is 3.12. The molecule has 1 rings (SSSR count). The molecule has 5 nitrogen and oxygen atoms in total. The molecule has 0 bridgehead atoms. The molecule has 0 radical (unpaired) electrons. The zero-order valence-corrected chi connectivity index (χ0v) is 7.73. The van der Waals surface area contributed by atoms with Gasteiger partial charge in [0.1, 0.15) is 6.34 Å². The number of nitrogens with zero attached hydrogens (tertiary/aromatic N) is 2. The molecule has 0 aromatic carbocycles. The Morgan fingerprint density at radius 2 is 2.23 bits per heavy atom. The summed E-state index contributed by atoms with van der Waals surface area (Å²) in [5.74, 6) is -0.843. The fraction of sp³-hybridized carbons (Fsp3) is 0.750. The summed E-state index contributed by atoms with van der Waals surface area (Å²) >= 11 is 0. The van der Waals surface area contributed by atoms with Crippen molar-refractivity contribution in [2.45, 2.75) is 12.8 Å². The summed E-state index contributed by atoms with van der Waals surface area (Å²) in [7, 11) is 1.74. The van der Waals surface area contributed by atoms with Gasteiger partial charge in [-0.15, -0.1) is 0 Å². The molecule has 1 saturated heterocycles. The Kier molecular flexibility index (Phi) is 3.54. The number of aliphatic carboxylic acids is 1. The minimum absolute atomic E-state index is 0.167. The number of rotatable bonds is 3. The monoisotopic (exact) mass is 185 g/mol. The maximum atomic E-state index is 10.6. The number of nitrogens with one attached hydrogen (secondary N) is 1. The van der Waals surface area contributed by atoms with Gasteiger partial charge < -0.3 is 15.4 Å². The molecule has 0 amide bonds. The van der Waals surface area contributed by atoms with E-state index in [1.807, 2.05) is 4.90 Å². The van der Waals surface area contributed by atoms with E-state index in [0.29, 0.717) is 12.8 Å². The van der Waals surface area contributed by atoms with Crippen LogP contribution in [0.5, 0.6) is 0 Å². The average molecular weight is 185 g/mol. The molecule has 1 aliphatic heterocycles. The zero-order chi connectivity index (χ0) is 9.68. The Labute approximate surface area is 77.4 Å². The van der Waals surface area contributed by atoms with Crippen molar-refractivity contribution >= 4 is 12.3 Å². The summed E-state index contributed by atoms with van der Waals surface area (Å²) in [5, 5.41) is 12.6. The zero-order valence-electron chi connectivity index (χ0n) is 7.73. The summed E-state index contributed by atoms with van der Waals surface area (Å²) in [6, 6.07) is 0. The van der Waals surface area contributed by atoms with E-state index >= 15 is 0 Å². The smallest absolute Gasteiger partial charge is 0.306 e. The Bertz CT molecular complexity index is 198. The van der Waals surface area contributed by atoms with Gasteiger partial charge in [-0.05, 0) is 12.8 Å². The molecular weight excluding hydrogens is 170 g/mol.